The van der Waals surface area contributed by atoms with Gasteiger partial charge in [-0.05, 0) is 85.4 Å². The number of esters is 1. The number of carbonyl (C=O) groups excluding carboxylic acids is 2. The highest BCUT2D eigenvalue weighted by atomic mass is 35.5. The van der Waals surface area contributed by atoms with Crippen LogP contribution in [0.15, 0.2) is 67.0 Å². The molecule has 0 spiro atoms. The molecule has 0 atom stereocenters. The molecule has 42 heavy (non-hydrogen) atoms. The lowest BCUT2D eigenvalue weighted by atomic mass is 9.77. The van der Waals surface area contributed by atoms with E-state index in [0.717, 1.165) is 42.9 Å². The van der Waals surface area contributed by atoms with Gasteiger partial charge in [0.15, 0.2) is 0 Å². The monoisotopic (exact) mass is 597 g/mol. The zero-order valence-corrected chi connectivity index (χ0v) is 23.8. The number of alkyl halides is 3. The second-order valence-electron chi connectivity index (χ2n) is 10.6. The van der Waals surface area contributed by atoms with Crippen LogP contribution in [0.2, 0.25) is 5.02 Å². The van der Waals surface area contributed by atoms with Gasteiger partial charge < -0.3 is 14.5 Å². The molecule has 0 bridgehead atoms. The van der Waals surface area contributed by atoms with E-state index in [2.05, 4.69) is 34.6 Å². The first kappa shape index (κ1) is 29.6. The summed E-state index contributed by atoms with van der Waals surface area (Å²) in [5, 5.41) is 2.44. The zero-order valence-electron chi connectivity index (χ0n) is 23.1. The van der Waals surface area contributed by atoms with Gasteiger partial charge in [0.05, 0.1) is 12.2 Å². The van der Waals surface area contributed by atoms with E-state index in [1.54, 1.807) is 16.7 Å². The Hall–Kier alpha value is -3.85. The van der Waals surface area contributed by atoms with E-state index in [0.29, 0.717) is 30.5 Å². The van der Waals surface area contributed by atoms with Crippen molar-refractivity contribution in [3.8, 4) is 11.1 Å². The minimum absolute atomic E-state index is 0.0718. The van der Waals surface area contributed by atoms with Crippen molar-refractivity contribution in [3.05, 3.63) is 94.4 Å². The Morgan fingerprint density at radius 1 is 1.00 bits per heavy atom. The molecule has 1 amide bonds. The van der Waals surface area contributed by atoms with Crippen molar-refractivity contribution >= 4 is 29.1 Å². The first-order valence-corrected chi connectivity index (χ1v) is 14.4. The lowest BCUT2D eigenvalue weighted by Gasteiger charge is -2.28. The Bertz CT molecular complexity index is 1580. The van der Waals surface area contributed by atoms with Gasteiger partial charge >= 0.3 is 12.1 Å². The lowest BCUT2D eigenvalue weighted by molar-refractivity contribution is -0.144. The molecule has 2 aromatic heterocycles. The SMILES string of the molecule is CCOC(=O)CC1CCC(c2ccc(-c3ccc4nc(C(=O)NCc5c(Cl)cccc5C(F)(F)F)cn4c3)cc2)CC1. The van der Waals surface area contributed by atoms with Gasteiger partial charge in [-0.25, -0.2) is 4.98 Å². The second kappa shape index (κ2) is 12.6. The third-order valence-corrected chi connectivity index (χ3v) is 8.21. The van der Waals surface area contributed by atoms with Crippen molar-refractivity contribution in [1.29, 1.82) is 0 Å². The molecular formula is C32H31ClF3N3O3. The van der Waals surface area contributed by atoms with Crippen LogP contribution in [-0.2, 0) is 22.3 Å². The maximum absolute atomic E-state index is 13.4. The molecule has 0 radical (unpaired) electrons. The average molecular weight is 598 g/mol. The van der Waals surface area contributed by atoms with Gasteiger partial charge in [-0.2, -0.15) is 13.2 Å². The summed E-state index contributed by atoms with van der Waals surface area (Å²) in [5.41, 5.74) is 2.76. The normalized spacial score (nSPS) is 17.3. The van der Waals surface area contributed by atoms with Gasteiger partial charge in [0.1, 0.15) is 11.3 Å². The van der Waals surface area contributed by atoms with Gasteiger partial charge in [-0.3, -0.25) is 9.59 Å². The van der Waals surface area contributed by atoms with Crippen molar-refractivity contribution in [3.63, 3.8) is 0 Å². The quantitative estimate of drug-likeness (QED) is 0.210. The van der Waals surface area contributed by atoms with Crippen molar-refractivity contribution in [2.24, 2.45) is 5.92 Å². The van der Waals surface area contributed by atoms with Gasteiger partial charge in [0, 0.05) is 35.9 Å². The van der Waals surface area contributed by atoms with Crippen LogP contribution >= 0.6 is 11.6 Å². The van der Waals surface area contributed by atoms with Crippen molar-refractivity contribution in [2.45, 2.75) is 57.7 Å². The molecule has 1 aliphatic carbocycles. The van der Waals surface area contributed by atoms with Crippen molar-refractivity contribution in [2.75, 3.05) is 6.61 Å². The van der Waals surface area contributed by atoms with Gasteiger partial charge in [-0.15, -0.1) is 0 Å². The molecule has 1 N–H and O–H groups in total. The van der Waals surface area contributed by atoms with E-state index in [1.165, 1.54) is 17.7 Å². The van der Waals surface area contributed by atoms with Crippen LogP contribution in [-0.4, -0.2) is 27.9 Å². The molecule has 5 rings (SSSR count). The Morgan fingerprint density at radius 2 is 1.71 bits per heavy atom. The number of amides is 1. The van der Waals surface area contributed by atoms with E-state index >= 15 is 0 Å². The summed E-state index contributed by atoms with van der Waals surface area (Å²) in [6.07, 6.45) is 3.44. The number of aromatic nitrogens is 2. The maximum atomic E-state index is 13.4. The van der Waals surface area contributed by atoms with Crippen LogP contribution in [0.5, 0.6) is 0 Å². The summed E-state index contributed by atoms with van der Waals surface area (Å²) in [5.74, 6) is 0.147. The smallest absolute Gasteiger partial charge is 0.416 e. The fourth-order valence-corrected chi connectivity index (χ4v) is 5.88. The van der Waals surface area contributed by atoms with E-state index in [9.17, 15) is 22.8 Å². The molecule has 4 aromatic rings. The average Bonchev–Trinajstić information content (AvgIpc) is 3.40. The predicted molar refractivity (Wildman–Crippen MR) is 154 cm³/mol. The number of imidazole rings is 1. The summed E-state index contributed by atoms with van der Waals surface area (Å²) in [7, 11) is 0. The number of hydrogen-bond donors (Lipinski definition) is 1. The fraction of sp³-hybridized carbons (Fsp3) is 0.344. The number of pyridine rings is 1. The van der Waals surface area contributed by atoms with Gasteiger partial charge in [-0.1, -0.05) is 41.9 Å². The number of ether oxygens (including phenoxy) is 1. The highest BCUT2D eigenvalue weighted by molar-refractivity contribution is 6.31. The zero-order chi connectivity index (χ0) is 29.9. The Balaban J connectivity index is 1.23. The number of fused-ring (bicyclic) bond motifs is 1. The molecule has 1 saturated carbocycles. The molecule has 220 valence electrons. The van der Waals surface area contributed by atoms with Crippen LogP contribution in [0.4, 0.5) is 13.2 Å². The Labute approximate surface area is 246 Å². The number of carbonyl (C=O) groups is 2. The predicted octanol–water partition coefficient (Wildman–Crippen LogP) is 7.83. The number of nitrogens with one attached hydrogen (secondary N) is 1. The third kappa shape index (κ3) is 6.78. The lowest BCUT2D eigenvalue weighted by Crippen LogP contribution is -2.25. The molecule has 0 unspecified atom stereocenters. The van der Waals surface area contributed by atoms with Crippen molar-refractivity contribution in [1.82, 2.24) is 14.7 Å². The molecule has 6 nitrogen and oxygen atoms in total. The van der Waals surface area contributed by atoms with Crippen LogP contribution in [0, 0.1) is 5.92 Å². The highest BCUT2D eigenvalue weighted by Gasteiger charge is 2.34. The fourth-order valence-electron chi connectivity index (χ4n) is 5.64. The Kier molecular flexibility index (Phi) is 8.87. The summed E-state index contributed by atoms with van der Waals surface area (Å²) < 4.78 is 47.0. The minimum atomic E-state index is -4.59. The number of benzene rings is 2. The molecule has 1 aliphatic rings. The van der Waals surface area contributed by atoms with Crippen LogP contribution < -0.4 is 5.32 Å². The number of nitrogens with zero attached hydrogens (tertiary/aromatic N) is 2. The molecule has 2 heterocycles. The molecule has 1 fully saturated rings. The van der Waals surface area contributed by atoms with Gasteiger partial charge in [0.2, 0.25) is 0 Å². The first-order chi connectivity index (χ1) is 20.1. The topological polar surface area (TPSA) is 72.7 Å². The number of halogens is 4. The second-order valence-corrected chi connectivity index (χ2v) is 11.0. The summed E-state index contributed by atoms with van der Waals surface area (Å²) in [6, 6.07) is 15.7. The van der Waals surface area contributed by atoms with E-state index in [1.807, 2.05) is 19.2 Å². The molecule has 2 aromatic carbocycles. The Morgan fingerprint density at radius 3 is 2.40 bits per heavy atom. The van der Waals surface area contributed by atoms with E-state index in [4.69, 9.17) is 16.3 Å². The standard InChI is InChI=1S/C32H31ClF3N3O3/c1-2-42-30(40)16-20-6-8-21(9-7-20)22-10-12-23(13-11-22)24-14-15-29-38-28(19-39(29)18-24)31(41)37-17-25-26(32(34,35)36)4-3-5-27(25)33/h3-5,10-15,18-21H,2,6-9,16-17H2,1H3,(H,37,41). The molecule has 0 saturated heterocycles. The van der Waals surface area contributed by atoms with Crippen LogP contribution in [0.3, 0.4) is 0 Å². The van der Waals surface area contributed by atoms with Crippen LogP contribution in [0.1, 0.15) is 72.1 Å². The largest absolute Gasteiger partial charge is 0.466 e. The molecule has 10 heteroatoms. The summed E-state index contributed by atoms with van der Waals surface area (Å²) in [6.45, 7) is 1.87. The third-order valence-electron chi connectivity index (χ3n) is 7.86. The number of hydrogen-bond acceptors (Lipinski definition) is 4. The van der Waals surface area contributed by atoms with Crippen molar-refractivity contribution < 1.29 is 27.5 Å². The van der Waals surface area contributed by atoms with E-state index in [-0.39, 0.29) is 28.8 Å². The molecular weight excluding hydrogens is 567 g/mol. The summed E-state index contributed by atoms with van der Waals surface area (Å²) in [4.78, 5) is 28.9. The summed E-state index contributed by atoms with van der Waals surface area (Å²) >= 11 is 6.00. The van der Waals surface area contributed by atoms with Gasteiger partial charge in [0.25, 0.3) is 5.91 Å². The first-order valence-electron chi connectivity index (χ1n) is 14.0. The highest BCUT2D eigenvalue weighted by Crippen LogP contribution is 2.38. The van der Waals surface area contributed by atoms with E-state index < -0.39 is 17.6 Å². The maximum Gasteiger partial charge on any atom is 0.416 e. The number of rotatable bonds is 8. The minimum Gasteiger partial charge on any atom is -0.466 e. The molecule has 0 aliphatic heterocycles. The van der Waals surface area contributed by atoms with Crippen LogP contribution in [0.25, 0.3) is 16.8 Å².